The van der Waals surface area contributed by atoms with Gasteiger partial charge in [0.1, 0.15) is 17.3 Å². The largest absolute Gasteiger partial charge is 0.469 e. The van der Waals surface area contributed by atoms with Gasteiger partial charge in [0.2, 0.25) is 0 Å². The van der Waals surface area contributed by atoms with Gasteiger partial charge in [-0.15, -0.1) is 0 Å². The van der Waals surface area contributed by atoms with Gasteiger partial charge in [0.05, 0.1) is 25.8 Å². The van der Waals surface area contributed by atoms with Gasteiger partial charge < -0.3 is 14.5 Å². The maximum Gasteiger partial charge on any atom is 0.306 e. The van der Waals surface area contributed by atoms with Crippen LogP contribution in [0.1, 0.15) is 31.3 Å². The van der Waals surface area contributed by atoms with Crippen molar-refractivity contribution in [2.45, 2.75) is 32.1 Å². The molecule has 0 aromatic carbocycles. The zero-order valence-electron chi connectivity index (χ0n) is 11.8. The average Bonchev–Trinajstić information content (AvgIpc) is 2.83. The molecular weight excluding hydrogens is 282 g/mol. The van der Waals surface area contributed by atoms with Crippen molar-refractivity contribution in [3.8, 4) is 0 Å². The quantitative estimate of drug-likeness (QED) is 0.546. The summed E-state index contributed by atoms with van der Waals surface area (Å²) in [6, 6.07) is 3.41. The van der Waals surface area contributed by atoms with Gasteiger partial charge in [-0.1, -0.05) is 6.92 Å². The minimum absolute atomic E-state index is 0.134. The smallest absolute Gasteiger partial charge is 0.306 e. The molecule has 1 heterocycles. The number of carbonyl (C=O) groups excluding carboxylic acids is 1. The number of esters is 1. The van der Waals surface area contributed by atoms with E-state index in [1.807, 2.05) is 0 Å². The third kappa shape index (κ3) is 6.21. The second kappa shape index (κ2) is 8.06. The highest BCUT2D eigenvalue weighted by Crippen LogP contribution is 2.12. The van der Waals surface area contributed by atoms with Crippen molar-refractivity contribution >= 4 is 15.8 Å². The highest BCUT2D eigenvalue weighted by atomic mass is 32.2. The van der Waals surface area contributed by atoms with Gasteiger partial charge in [-0.25, -0.2) is 8.42 Å². The van der Waals surface area contributed by atoms with Crippen molar-refractivity contribution in [3.63, 3.8) is 0 Å². The van der Waals surface area contributed by atoms with Crippen LogP contribution in [0.25, 0.3) is 0 Å². The fourth-order valence-corrected chi connectivity index (χ4v) is 2.82. The molecule has 0 fully saturated rings. The number of rotatable bonds is 9. The first kappa shape index (κ1) is 16.7. The number of furan rings is 1. The zero-order chi connectivity index (χ0) is 15.0. The summed E-state index contributed by atoms with van der Waals surface area (Å²) in [4.78, 5) is 10.9. The number of nitrogens with one attached hydrogen (secondary N) is 1. The summed E-state index contributed by atoms with van der Waals surface area (Å²) < 4.78 is 33.5. The van der Waals surface area contributed by atoms with Gasteiger partial charge in [-0.05, 0) is 25.1 Å². The van der Waals surface area contributed by atoms with Crippen LogP contribution < -0.4 is 5.32 Å². The molecule has 7 heteroatoms. The topological polar surface area (TPSA) is 85.6 Å². The molecular formula is C13H21NO5S. The number of sulfone groups is 1. The lowest BCUT2D eigenvalue weighted by Crippen LogP contribution is -2.14. The normalized spacial score (nSPS) is 11.5. The van der Waals surface area contributed by atoms with Crippen LogP contribution >= 0.6 is 0 Å². The van der Waals surface area contributed by atoms with Crippen LogP contribution in [-0.2, 0) is 31.7 Å². The molecule has 20 heavy (non-hydrogen) atoms. The van der Waals surface area contributed by atoms with Crippen molar-refractivity contribution in [2.24, 2.45) is 0 Å². The second-order valence-corrected chi connectivity index (χ2v) is 6.65. The van der Waals surface area contributed by atoms with Crippen LogP contribution in [0.5, 0.6) is 0 Å². The standard InChI is InChI=1S/C13H21NO5S/c1-3-7-14-9-11-4-5-12(19-11)10-20(16,17)8-6-13(15)18-2/h4-5,14H,3,6-10H2,1-2H3. The van der Waals surface area contributed by atoms with Gasteiger partial charge in [0.25, 0.3) is 0 Å². The molecule has 1 N–H and O–H groups in total. The number of hydrogen-bond donors (Lipinski definition) is 1. The highest BCUT2D eigenvalue weighted by molar-refractivity contribution is 7.90. The molecule has 0 radical (unpaired) electrons. The molecule has 1 rings (SSSR count). The molecule has 0 amide bonds. The third-order valence-corrected chi connectivity index (χ3v) is 4.20. The predicted octanol–water partition coefficient (Wildman–Crippen LogP) is 1.26. The minimum Gasteiger partial charge on any atom is -0.469 e. The predicted molar refractivity (Wildman–Crippen MR) is 74.8 cm³/mol. The summed E-state index contributed by atoms with van der Waals surface area (Å²) in [5.74, 6) is 0.138. The van der Waals surface area contributed by atoms with Gasteiger partial charge in [-0.3, -0.25) is 4.79 Å². The summed E-state index contributed by atoms with van der Waals surface area (Å²) in [5.41, 5.74) is 0. The average molecular weight is 303 g/mol. The van der Waals surface area contributed by atoms with Gasteiger partial charge in [0, 0.05) is 0 Å². The van der Waals surface area contributed by atoms with Crippen molar-refractivity contribution in [1.82, 2.24) is 5.32 Å². The van der Waals surface area contributed by atoms with E-state index in [1.165, 1.54) is 7.11 Å². The lowest BCUT2D eigenvalue weighted by atomic mass is 10.4. The van der Waals surface area contributed by atoms with Gasteiger partial charge in [-0.2, -0.15) is 0 Å². The fourth-order valence-electron chi connectivity index (χ4n) is 1.61. The molecule has 1 aromatic heterocycles. The molecule has 114 valence electrons. The maximum absolute atomic E-state index is 11.8. The van der Waals surface area contributed by atoms with Crippen LogP contribution in [0.15, 0.2) is 16.5 Å². The van der Waals surface area contributed by atoms with Crippen molar-refractivity contribution in [3.05, 3.63) is 23.7 Å². The van der Waals surface area contributed by atoms with Crippen LogP contribution in [-0.4, -0.2) is 33.8 Å². The molecule has 0 aliphatic heterocycles. The van der Waals surface area contributed by atoms with Crippen LogP contribution in [0.3, 0.4) is 0 Å². The Morgan fingerprint density at radius 1 is 1.35 bits per heavy atom. The van der Waals surface area contributed by atoms with E-state index in [4.69, 9.17) is 4.42 Å². The van der Waals surface area contributed by atoms with Gasteiger partial charge in [0.15, 0.2) is 9.84 Å². The molecule has 0 saturated carbocycles. The Labute approximate surface area is 119 Å². The molecule has 0 saturated heterocycles. The third-order valence-electron chi connectivity index (χ3n) is 2.65. The van der Waals surface area contributed by atoms with E-state index >= 15 is 0 Å². The zero-order valence-corrected chi connectivity index (χ0v) is 12.7. The Bertz CT molecular complexity index is 521. The minimum atomic E-state index is -3.37. The van der Waals surface area contributed by atoms with E-state index in [-0.39, 0.29) is 17.9 Å². The van der Waals surface area contributed by atoms with E-state index < -0.39 is 15.8 Å². The van der Waals surface area contributed by atoms with E-state index in [1.54, 1.807) is 12.1 Å². The lowest BCUT2D eigenvalue weighted by Gasteiger charge is -2.02. The van der Waals surface area contributed by atoms with E-state index in [0.717, 1.165) is 13.0 Å². The second-order valence-electron chi connectivity index (χ2n) is 4.46. The SMILES string of the molecule is CCCNCc1ccc(CS(=O)(=O)CCC(=O)OC)o1. The Hall–Kier alpha value is -1.34. The molecule has 0 bridgehead atoms. The fraction of sp³-hybridized carbons (Fsp3) is 0.615. The summed E-state index contributed by atoms with van der Waals surface area (Å²) in [5, 5.41) is 3.17. The molecule has 0 unspecified atom stereocenters. The number of carbonyl (C=O) groups is 1. The first-order valence-electron chi connectivity index (χ1n) is 6.52. The van der Waals surface area contributed by atoms with Gasteiger partial charge >= 0.3 is 5.97 Å². The Morgan fingerprint density at radius 3 is 2.70 bits per heavy atom. The summed E-state index contributed by atoms with van der Waals surface area (Å²) in [7, 11) is -2.13. The monoisotopic (exact) mass is 303 g/mol. The van der Waals surface area contributed by atoms with Crippen molar-refractivity contribution < 1.29 is 22.4 Å². The first-order valence-corrected chi connectivity index (χ1v) is 8.34. The molecule has 0 atom stereocenters. The summed E-state index contributed by atoms with van der Waals surface area (Å²) >= 11 is 0. The van der Waals surface area contributed by atoms with Crippen LogP contribution in [0, 0.1) is 0 Å². The Morgan fingerprint density at radius 2 is 2.05 bits per heavy atom. The van der Waals surface area contributed by atoms with Crippen LogP contribution in [0.4, 0.5) is 0 Å². The van der Waals surface area contributed by atoms with Crippen LogP contribution in [0.2, 0.25) is 0 Å². The van der Waals surface area contributed by atoms with E-state index in [0.29, 0.717) is 18.1 Å². The highest BCUT2D eigenvalue weighted by Gasteiger charge is 2.17. The Kier molecular flexibility index (Phi) is 6.74. The molecule has 1 aromatic rings. The van der Waals surface area contributed by atoms with Crippen molar-refractivity contribution in [2.75, 3.05) is 19.4 Å². The molecule has 0 aliphatic rings. The van der Waals surface area contributed by atoms with E-state index in [9.17, 15) is 13.2 Å². The lowest BCUT2D eigenvalue weighted by molar-refractivity contribution is -0.140. The first-order chi connectivity index (χ1) is 9.46. The molecule has 0 aliphatic carbocycles. The number of methoxy groups -OCH3 is 1. The van der Waals surface area contributed by atoms with Crippen molar-refractivity contribution in [1.29, 1.82) is 0 Å². The molecule has 6 nitrogen and oxygen atoms in total. The Balaban J connectivity index is 2.48. The maximum atomic E-state index is 11.8. The number of ether oxygens (including phenoxy) is 1. The van der Waals surface area contributed by atoms with E-state index in [2.05, 4.69) is 17.0 Å². The molecule has 0 spiro atoms. The summed E-state index contributed by atoms with van der Waals surface area (Å²) in [6.07, 6.45) is 0.889. The summed E-state index contributed by atoms with van der Waals surface area (Å²) in [6.45, 7) is 3.53. The number of hydrogen-bond acceptors (Lipinski definition) is 6.